The number of carbonyl (C=O) groups excluding carboxylic acids is 2. The Morgan fingerprint density at radius 1 is 1.10 bits per heavy atom. The summed E-state index contributed by atoms with van der Waals surface area (Å²) in [5, 5.41) is 13.6. The summed E-state index contributed by atoms with van der Waals surface area (Å²) in [7, 11) is -3.72. The van der Waals surface area contributed by atoms with Gasteiger partial charge in [-0.2, -0.15) is 9.04 Å². The molecule has 1 N–H and O–H groups in total. The summed E-state index contributed by atoms with van der Waals surface area (Å²) in [5.41, 5.74) is 0.217. The van der Waals surface area contributed by atoms with Crippen molar-refractivity contribution in [1.82, 2.24) is 4.31 Å². The lowest BCUT2D eigenvalue weighted by Crippen LogP contribution is -2.32. The van der Waals surface area contributed by atoms with Crippen molar-refractivity contribution in [2.75, 3.05) is 25.0 Å². The minimum Gasteiger partial charge on any atom is -0.619 e. The number of nitrogens with zero attached hydrogens (tertiary/aromatic N) is 2. The first-order chi connectivity index (χ1) is 14.8. The Morgan fingerprint density at radius 2 is 1.74 bits per heavy atom. The zero-order chi connectivity index (χ0) is 22.4. The first-order valence-electron chi connectivity index (χ1n) is 9.73. The van der Waals surface area contributed by atoms with Crippen LogP contribution in [-0.2, 0) is 19.6 Å². The molecule has 0 aliphatic carbocycles. The van der Waals surface area contributed by atoms with E-state index in [0.717, 1.165) is 38.1 Å². The molecule has 2 aromatic rings. The van der Waals surface area contributed by atoms with Crippen LogP contribution >= 0.6 is 11.6 Å². The number of esters is 1. The molecule has 1 amide bonds. The second-order valence-electron chi connectivity index (χ2n) is 7.03. The predicted molar refractivity (Wildman–Crippen MR) is 113 cm³/mol. The van der Waals surface area contributed by atoms with Gasteiger partial charge in [-0.15, -0.1) is 0 Å². The molecular formula is C20H22ClN3O6S. The summed E-state index contributed by atoms with van der Waals surface area (Å²) in [6, 6.07) is 6.63. The van der Waals surface area contributed by atoms with Crippen molar-refractivity contribution in [2.24, 2.45) is 0 Å². The van der Waals surface area contributed by atoms with Gasteiger partial charge in [0.05, 0.1) is 21.2 Å². The standard InChI is InChI=1S/C20H22ClN3O6S/c21-17-6-5-16(31(28,29)24-9-3-1-2-4-10-24)13-18(17)22-19(25)14-30-20(26)15-7-11-23(27)12-8-15/h5-8,11-13H,1-4,9-10,14H2,(H,22,25). The van der Waals surface area contributed by atoms with Gasteiger partial charge in [0.1, 0.15) is 0 Å². The Balaban J connectivity index is 1.66. The van der Waals surface area contributed by atoms with Gasteiger partial charge in [0.15, 0.2) is 19.0 Å². The molecule has 1 aliphatic heterocycles. The van der Waals surface area contributed by atoms with Gasteiger partial charge >= 0.3 is 5.97 Å². The Morgan fingerprint density at radius 3 is 2.39 bits per heavy atom. The van der Waals surface area contributed by atoms with Gasteiger partial charge in [-0.3, -0.25) is 4.79 Å². The lowest BCUT2D eigenvalue weighted by molar-refractivity contribution is -0.605. The number of aromatic nitrogens is 1. The van der Waals surface area contributed by atoms with Crippen LogP contribution in [0.2, 0.25) is 5.02 Å². The van der Waals surface area contributed by atoms with Gasteiger partial charge in [0.25, 0.3) is 5.91 Å². The molecule has 0 unspecified atom stereocenters. The van der Waals surface area contributed by atoms with E-state index >= 15 is 0 Å². The molecular weight excluding hydrogens is 446 g/mol. The van der Waals surface area contributed by atoms with Crippen LogP contribution in [0.5, 0.6) is 0 Å². The largest absolute Gasteiger partial charge is 0.619 e. The van der Waals surface area contributed by atoms with E-state index in [4.69, 9.17) is 16.3 Å². The molecule has 166 valence electrons. The lowest BCUT2D eigenvalue weighted by atomic mass is 10.2. The molecule has 1 aliphatic rings. The van der Waals surface area contributed by atoms with Gasteiger partial charge in [-0.25, -0.2) is 13.2 Å². The van der Waals surface area contributed by atoms with E-state index in [0.29, 0.717) is 17.8 Å². The molecule has 0 radical (unpaired) electrons. The third-order valence-corrected chi connectivity index (χ3v) is 7.01. The fourth-order valence-electron chi connectivity index (χ4n) is 3.14. The molecule has 11 heteroatoms. The van der Waals surface area contributed by atoms with E-state index in [-0.39, 0.29) is 21.2 Å². The second-order valence-corrected chi connectivity index (χ2v) is 9.38. The molecule has 1 fully saturated rings. The maximum absolute atomic E-state index is 13.0. The Labute approximate surface area is 185 Å². The van der Waals surface area contributed by atoms with Crippen LogP contribution in [0.1, 0.15) is 36.0 Å². The van der Waals surface area contributed by atoms with Crippen molar-refractivity contribution in [1.29, 1.82) is 0 Å². The molecule has 0 atom stereocenters. The van der Waals surface area contributed by atoms with Gasteiger partial charge in [-0.1, -0.05) is 24.4 Å². The molecule has 1 saturated heterocycles. The Hall–Kier alpha value is -2.69. The third kappa shape index (κ3) is 5.93. The Bertz CT molecular complexity index is 1050. The highest BCUT2D eigenvalue weighted by atomic mass is 35.5. The number of nitrogens with one attached hydrogen (secondary N) is 1. The molecule has 0 saturated carbocycles. The first kappa shape index (κ1) is 23.0. The van der Waals surface area contributed by atoms with Crippen molar-refractivity contribution < 1.29 is 27.5 Å². The van der Waals surface area contributed by atoms with Crippen molar-refractivity contribution in [3.63, 3.8) is 0 Å². The van der Waals surface area contributed by atoms with E-state index in [1.54, 1.807) is 0 Å². The monoisotopic (exact) mass is 467 g/mol. The van der Waals surface area contributed by atoms with Crippen LogP contribution in [0.25, 0.3) is 0 Å². The van der Waals surface area contributed by atoms with Crippen LogP contribution in [0, 0.1) is 5.21 Å². The minimum atomic E-state index is -3.72. The average molecular weight is 468 g/mol. The van der Waals surface area contributed by atoms with Gasteiger partial charge in [0.2, 0.25) is 10.0 Å². The van der Waals surface area contributed by atoms with E-state index in [9.17, 15) is 23.2 Å². The van der Waals surface area contributed by atoms with E-state index in [1.165, 1.54) is 34.6 Å². The zero-order valence-corrected chi connectivity index (χ0v) is 18.2. The summed E-state index contributed by atoms with van der Waals surface area (Å²) >= 11 is 6.11. The maximum atomic E-state index is 13.0. The van der Waals surface area contributed by atoms with Crippen LogP contribution in [0.15, 0.2) is 47.6 Å². The Kier molecular flexibility index (Phi) is 7.47. The summed E-state index contributed by atoms with van der Waals surface area (Å²) in [5.74, 6) is -1.46. The highest BCUT2D eigenvalue weighted by molar-refractivity contribution is 7.89. The fraction of sp³-hybridized carbons (Fsp3) is 0.350. The van der Waals surface area contributed by atoms with E-state index in [1.807, 2.05) is 0 Å². The number of amides is 1. The number of ether oxygens (including phenoxy) is 1. The molecule has 0 bridgehead atoms. The molecule has 31 heavy (non-hydrogen) atoms. The average Bonchev–Trinajstić information content (AvgIpc) is 3.04. The molecule has 9 nitrogen and oxygen atoms in total. The highest BCUT2D eigenvalue weighted by Gasteiger charge is 2.26. The van der Waals surface area contributed by atoms with Gasteiger partial charge in [-0.05, 0) is 31.0 Å². The minimum absolute atomic E-state index is 0.0290. The predicted octanol–water partition coefficient (Wildman–Crippen LogP) is 2.33. The molecule has 1 aromatic heterocycles. The number of carbonyl (C=O) groups is 2. The van der Waals surface area contributed by atoms with Crippen LogP contribution in [-0.4, -0.2) is 44.3 Å². The quantitative estimate of drug-likeness (QED) is 0.395. The van der Waals surface area contributed by atoms with Crippen LogP contribution in [0.4, 0.5) is 5.69 Å². The van der Waals surface area contributed by atoms with Gasteiger partial charge in [0, 0.05) is 25.2 Å². The maximum Gasteiger partial charge on any atom is 0.339 e. The third-order valence-electron chi connectivity index (χ3n) is 4.79. The summed E-state index contributed by atoms with van der Waals surface area (Å²) in [4.78, 5) is 24.2. The number of sulfonamides is 1. The number of pyridine rings is 1. The number of benzene rings is 1. The molecule has 1 aromatic carbocycles. The summed E-state index contributed by atoms with van der Waals surface area (Å²) < 4.78 is 32.8. The fourth-order valence-corrected chi connectivity index (χ4v) is 4.85. The topological polar surface area (TPSA) is 120 Å². The lowest BCUT2D eigenvalue weighted by Gasteiger charge is -2.20. The highest BCUT2D eigenvalue weighted by Crippen LogP contribution is 2.28. The van der Waals surface area contributed by atoms with E-state index < -0.39 is 28.5 Å². The van der Waals surface area contributed by atoms with E-state index in [2.05, 4.69) is 5.32 Å². The second kappa shape index (κ2) is 10.1. The normalized spacial score (nSPS) is 15.1. The number of hydrogen-bond donors (Lipinski definition) is 1. The van der Waals surface area contributed by atoms with Crippen molar-refractivity contribution in [3.05, 3.63) is 58.5 Å². The smallest absolute Gasteiger partial charge is 0.339 e. The SMILES string of the molecule is O=C(COC(=O)c1cc[n+]([O-])cc1)Nc1cc(S(=O)(=O)N2CCCCCC2)ccc1Cl. The zero-order valence-electron chi connectivity index (χ0n) is 16.6. The first-order valence-corrected chi connectivity index (χ1v) is 11.5. The van der Waals surface area contributed by atoms with Crippen LogP contribution < -0.4 is 10.0 Å². The molecule has 0 spiro atoms. The van der Waals surface area contributed by atoms with Crippen LogP contribution in [0.3, 0.4) is 0 Å². The number of anilines is 1. The number of rotatable bonds is 6. The summed E-state index contributed by atoms with van der Waals surface area (Å²) in [6.45, 7) is 0.299. The molecule has 2 heterocycles. The van der Waals surface area contributed by atoms with Crippen molar-refractivity contribution >= 4 is 39.2 Å². The summed E-state index contributed by atoms with van der Waals surface area (Å²) in [6.07, 6.45) is 5.86. The van der Waals surface area contributed by atoms with Gasteiger partial charge < -0.3 is 15.3 Å². The number of halogens is 1. The van der Waals surface area contributed by atoms with Crippen molar-refractivity contribution in [3.8, 4) is 0 Å². The molecule has 3 rings (SSSR count). The number of hydrogen-bond acceptors (Lipinski definition) is 6. The van der Waals surface area contributed by atoms with Crippen molar-refractivity contribution in [2.45, 2.75) is 30.6 Å².